The molecule has 200 valence electrons. The SMILES string of the molecule is CCCCCCCN(C[C@@]1(O)CC[C@@]2(C)[C@@H](CC[C@@H]3[C@@H]2CC[C@]2(C)C(=O)CC[C@@H]32)C1)C(=O)CCC. The van der Waals surface area contributed by atoms with Gasteiger partial charge in [0.25, 0.3) is 0 Å². The summed E-state index contributed by atoms with van der Waals surface area (Å²) >= 11 is 0. The molecule has 7 atom stereocenters. The molecule has 0 saturated heterocycles. The summed E-state index contributed by atoms with van der Waals surface area (Å²) in [5.41, 5.74) is -0.520. The monoisotopic (exact) mass is 487 g/mol. The summed E-state index contributed by atoms with van der Waals surface area (Å²) in [5.74, 6) is 3.27. The number of amides is 1. The second-order valence-electron chi connectivity index (χ2n) is 13.5. The zero-order valence-electron chi connectivity index (χ0n) is 23.2. The number of nitrogens with zero attached hydrogens (tertiary/aromatic N) is 1. The lowest BCUT2D eigenvalue weighted by molar-refractivity contribution is -0.161. The first-order valence-corrected chi connectivity index (χ1v) is 15.2. The van der Waals surface area contributed by atoms with Crippen molar-refractivity contribution in [2.45, 2.75) is 136 Å². The first kappa shape index (κ1) is 27.1. The first-order valence-electron chi connectivity index (χ1n) is 15.2. The van der Waals surface area contributed by atoms with E-state index in [9.17, 15) is 14.7 Å². The van der Waals surface area contributed by atoms with Crippen molar-refractivity contribution in [2.24, 2.45) is 34.5 Å². The Labute approximate surface area is 215 Å². The fourth-order valence-electron chi connectivity index (χ4n) is 9.16. The summed E-state index contributed by atoms with van der Waals surface area (Å²) in [6.45, 7) is 10.4. The zero-order chi connectivity index (χ0) is 25.3. The molecule has 0 radical (unpaired) electrons. The fraction of sp³-hybridized carbons (Fsp3) is 0.935. The van der Waals surface area contributed by atoms with E-state index >= 15 is 0 Å². The Hall–Kier alpha value is -0.900. The second-order valence-corrected chi connectivity index (χ2v) is 13.5. The van der Waals surface area contributed by atoms with Crippen molar-refractivity contribution in [3.8, 4) is 0 Å². The van der Waals surface area contributed by atoms with Crippen LogP contribution >= 0.6 is 0 Å². The van der Waals surface area contributed by atoms with Crippen LogP contribution in [0.3, 0.4) is 0 Å². The number of fused-ring (bicyclic) bond motifs is 5. The number of carbonyl (C=O) groups is 2. The van der Waals surface area contributed by atoms with Crippen molar-refractivity contribution in [2.75, 3.05) is 13.1 Å². The molecule has 0 bridgehead atoms. The average molecular weight is 488 g/mol. The quantitative estimate of drug-likeness (QED) is 0.340. The molecule has 35 heavy (non-hydrogen) atoms. The maximum Gasteiger partial charge on any atom is 0.222 e. The van der Waals surface area contributed by atoms with Crippen LogP contribution in [0.2, 0.25) is 0 Å². The topological polar surface area (TPSA) is 57.6 Å². The van der Waals surface area contributed by atoms with Crippen LogP contribution in [0.15, 0.2) is 0 Å². The zero-order valence-corrected chi connectivity index (χ0v) is 23.2. The summed E-state index contributed by atoms with van der Waals surface area (Å²) in [6, 6.07) is 0. The van der Waals surface area contributed by atoms with Gasteiger partial charge in [0, 0.05) is 31.3 Å². The third-order valence-electron chi connectivity index (χ3n) is 11.4. The van der Waals surface area contributed by atoms with Gasteiger partial charge in [-0.15, -0.1) is 0 Å². The smallest absolute Gasteiger partial charge is 0.222 e. The molecule has 4 heteroatoms. The van der Waals surface area contributed by atoms with E-state index < -0.39 is 5.60 Å². The van der Waals surface area contributed by atoms with Gasteiger partial charge in [0.15, 0.2) is 0 Å². The summed E-state index contributed by atoms with van der Waals surface area (Å²) in [4.78, 5) is 27.7. The van der Waals surface area contributed by atoms with Gasteiger partial charge in [-0.1, -0.05) is 53.4 Å². The predicted molar refractivity (Wildman–Crippen MR) is 142 cm³/mol. The van der Waals surface area contributed by atoms with Gasteiger partial charge in [0.2, 0.25) is 5.91 Å². The lowest BCUT2D eigenvalue weighted by atomic mass is 9.44. The molecule has 4 nitrogen and oxygen atoms in total. The van der Waals surface area contributed by atoms with E-state index in [0.717, 1.165) is 57.9 Å². The molecule has 1 amide bonds. The highest BCUT2D eigenvalue weighted by Crippen LogP contribution is 2.66. The van der Waals surface area contributed by atoms with Crippen LogP contribution in [0.1, 0.15) is 130 Å². The van der Waals surface area contributed by atoms with Crippen LogP contribution in [0.25, 0.3) is 0 Å². The van der Waals surface area contributed by atoms with Crippen LogP contribution in [0.4, 0.5) is 0 Å². The number of aliphatic hydroxyl groups is 1. The highest BCUT2D eigenvalue weighted by molar-refractivity contribution is 5.87. The highest BCUT2D eigenvalue weighted by Gasteiger charge is 2.61. The summed E-state index contributed by atoms with van der Waals surface area (Å²) in [7, 11) is 0. The number of rotatable bonds is 10. The van der Waals surface area contributed by atoms with Crippen molar-refractivity contribution in [1.29, 1.82) is 0 Å². The highest BCUT2D eigenvalue weighted by atomic mass is 16.3. The number of hydrogen-bond donors (Lipinski definition) is 1. The Morgan fingerprint density at radius 3 is 2.46 bits per heavy atom. The summed E-state index contributed by atoms with van der Waals surface area (Å²) in [5, 5.41) is 11.8. The van der Waals surface area contributed by atoms with Gasteiger partial charge < -0.3 is 10.0 Å². The molecule has 0 aromatic heterocycles. The van der Waals surface area contributed by atoms with E-state index in [1.165, 1.54) is 44.9 Å². The Morgan fingerprint density at radius 1 is 0.943 bits per heavy atom. The summed E-state index contributed by atoms with van der Waals surface area (Å²) < 4.78 is 0. The number of unbranched alkanes of at least 4 members (excludes halogenated alkanes) is 4. The van der Waals surface area contributed by atoms with E-state index in [-0.39, 0.29) is 16.7 Å². The average Bonchev–Trinajstić information content (AvgIpc) is 3.13. The molecule has 4 fully saturated rings. The van der Waals surface area contributed by atoms with Gasteiger partial charge in [-0.05, 0) is 93.3 Å². The molecule has 4 aliphatic rings. The van der Waals surface area contributed by atoms with Crippen molar-refractivity contribution in [3.05, 3.63) is 0 Å². The van der Waals surface area contributed by atoms with E-state index in [1.54, 1.807) is 0 Å². The molecule has 4 saturated carbocycles. The van der Waals surface area contributed by atoms with Gasteiger partial charge in [-0.25, -0.2) is 0 Å². The number of Topliss-reactive ketones (excluding diaryl/α,β-unsaturated/α-hetero) is 1. The van der Waals surface area contributed by atoms with Crippen LogP contribution in [0.5, 0.6) is 0 Å². The molecule has 0 unspecified atom stereocenters. The van der Waals surface area contributed by atoms with Crippen molar-refractivity contribution in [1.82, 2.24) is 4.90 Å². The molecular formula is C31H53NO3. The molecule has 1 N–H and O–H groups in total. The summed E-state index contributed by atoms with van der Waals surface area (Å²) in [6.07, 6.45) is 16.7. The lowest BCUT2D eigenvalue weighted by Gasteiger charge is -2.61. The minimum atomic E-state index is -0.740. The van der Waals surface area contributed by atoms with E-state index in [2.05, 4.69) is 27.7 Å². The van der Waals surface area contributed by atoms with Crippen molar-refractivity contribution >= 4 is 11.7 Å². The third-order valence-corrected chi connectivity index (χ3v) is 11.4. The molecule has 0 heterocycles. The lowest BCUT2D eigenvalue weighted by Crippen LogP contribution is -2.58. The minimum Gasteiger partial charge on any atom is -0.388 e. The van der Waals surface area contributed by atoms with Crippen LogP contribution in [-0.2, 0) is 9.59 Å². The normalized spacial score (nSPS) is 40.7. The molecular weight excluding hydrogens is 434 g/mol. The molecule has 4 aliphatic carbocycles. The maximum absolute atomic E-state index is 13.0. The Bertz CT molecular complexity index is 766. The molecule has 0 aromatic rings. The third kappa shape index (κ3) is 5.25. The minimum absolute atomic E-state index is 0.0585. The second kappa shape index (κ2) is 10.8. The van der Waals surface area contributed by atoms with Gasteiger partial charge in [0.05, 0.1) is 5.60 Å². The first-order chi connectivity index (χ1) is 16.7. The van der Waals surface area contributed by atoms with Gasteiger partial charge in [-0.3, -0.25) is 9.59 Å². The van der Waals surface area contributed by atoms with Gasteiger partial charge in [0.1, 0.15) is 5.78 Å². The molecule has 4 rings (SSSR count). The van der Waals surface area contributed by atoms with Crippen LogP contribution < -0.4 is 0 Å². The Morgan fingerprint density at radius 2 is 1.71 bits per heavy atom. The number of carbonyl (C=O) groups excluding carboxylic acids is 2. The number of ketones is 1. The maximum atomic E-state index is 13.0. The van der Waals surface area contributed by atoms with Crippen LogP contribution in [0, 0.1) is 34.5 Å². The Balaban J connectivity index is 1.41. The predicted octanol–water partition coefficient (Wildman–Crippen LogP) is 6.93. The number of hydrogen-bond acceptors (Lipinski definition) is 3. The van der Waals surface area contributed by atoms with E-state index in [0.29, 0.717) is 42.4 Å². The fourth-order valence-corrected chi connectivity index (χ4v) is 9.16. The van der Waals surface area contributed by atoms with Gasteiger partial charge >= 0.3 is 0 Å². The van der Waals surface area contributed by atoms with E-state index in [1.807, 2.05) is 4.90 Å². The van der Waals surface area contributed by atoms with Crippen LogP contribution in [-0.4, -0.2) is 40.4 Å². The molecule has 0 spiro atoms. The molecule has 0 aliphatic heterocycles. The van der Waals surface area contributed by atoms with E-state index in [4.69, 9.17) is 0 Å². The largest absolute Gasteiger partial charge is 0.388 e. The van der Waals surface area contributed by atoms with Crippen molar-refractivity contribution < 1.29 is 14.7 Å². The molecule has 0 aromatic carbocycles. The Kier molecular flexibility index (Phi) is 8.40. The van der Waals surface area contributed by atoms with Gasteiger partial charge in [-0.2, -0.15) is 0 Å². The standard InChI is InChI=1S/C31H53NO3/c1-5-7-8-9-10-20-32(28(34)11-6-2)22-31(35)19-18-29(3)23(21-31)12-13-24-25-14-15-27(33)30(25,4)17-16-26(24)29/h23-26,35H,5-22H2,1-4H3/t23-,24-,25-,26-,29-,30-,31+/m0/s1. The van der Waals surface area contributed by atoms with Crippen molar-refractivity contribution in [3.63, 3.8) is 0 Å².